The number of carbonyl (C=O) groups is 1. The molecule has 1 N–H and O–H groups in total. The molecule has 1 amide bonds. The minimum absolute atomic E-state index is 0.226. The fourth-order valence-electron chi connectivity index (χ4n) is 2.49. The highest BCUT2D eigenvalue weighted by atomic mass is 35.5. The Labute approximate surface area is 156 Å². The summed E-state index contributed by atoms with van der Waals surface area (Å²) < 4.78 is 16.2. The third-order valence-corrected chi connectivity index (χ3v) is 4.11. The van der Waals surface area contributed by atoms with E-state index in [1.807, 2.05) is 24.3 Å². The molecule has 0 aliphatic heterocycles. The number of ether oxygens (including phenoxy) is 2. The van der Waals surface area contributed by atoms with Crippen molar-refractivity contribution in [1.29, 1.82) is 0 Å². The first kappa shape index (κ1) is 17.9. The average molecular weight is 372 g/mol. The van der Waals surface area contributed by atoms with E-state index >= 15 is 0 Å². The molecular weight excluding hydrogens is 354 g/mol. The van der Waals surface area contributed by atoms with Crippen molar-refractivity contribution in [2.75, 3.05) is 14.2 Å². The van der Waals surface area contributed by atoms with Crippen LogP contribution < -0.4 is 14.8 Å². The number of furan rings is 1. The number of hydrogen-bond acceptors (Lipinski definition) is 4. The highest BCUT2D eigenvalue weighted by Gasteiger charge is 2.12. The van der Waals surface area contributed by atoms with Crippen LogP contribution in [0.4, 0.5) is 0 Å². The van der Waals surface area contributed by atoms with Crippen molar-refractivity contribution in [2.45, 2.75) is 6.54 Å². The summed E-state index contributed by atoms with van der Waals surface area (Å²) in [5.41, 5.74) is 1.40. The molecule has 3 aromatic rings. The van der Waals surface area contributed by atoms with Gasteiger partial charge in [-0.05, 0) is 54.6 Å². The quantitative estimate of drug-likeness (QED) is 0.690. The van der Waals surface area contributed by atoms with Crippen molar-refractivity contribution in [3.05, 3.63) is 70.9 Å². The molecule has 0 spiro atoms. The third kappa shape index (κ3) is 4.00. The van der Waals surface area contributed by atoms with Gasteiger partial charge in [-0.3, -0.25) is 4.79 Å². The van der Waals surface area contributed by atoms with Crippen molar-refractivity contribution >= 4 is 17.5 Å². The van der Waals surface area contributed by atoms with Crippen LogP contribution in [0.25, 0.3) is 11.3 Å². The van der Waals surface area contributed by atoms with Gasteiger partial charge < -0.3 is 19.2 Å². The number of nitrogens with one attached hydrogen (secondary N) is 1. The zero-order valence-corrected chi connectivity index (χ0v) is 15.2. The summed E-state index contributed by atoms with van der Waals surface area (Å²) in [6.07, 6.45) is 0. The molecule has 5 nitrogen and oxygen atoms in total. The summed E-state index contributed by atoms with van der Waals surface area (Å²) in [5.74, 6) is 2.22. The molecule has 0 saturated carbocycles. The predicted molar refractivity (Wildman–Crippen MR) is 99.9 cm³/mol. The molecule has 134 valence electrons. The number of rotatable bonds is 6. The van der Waals surface area contributed by atoms with Gasteiger partial charge in [-0.25, -0.2) is 0 Å². The molecule has 0 fully saturated rings. The third-order valence-electron chi connectivity index (χ3n) is 3.86. The maximum absolute atomic E-state index is 12.3. The molecule has 0 aliphatic carbocycles. The largest absolute Gasteiger partial charge is 0.493 e. The number of amides is 1. The van der Waals surface area contributed by atoms with Crippen molar-refractivity contribution in [3.63, 3.8) is 0 Å². The monoisotopic (exact) mass is 371 g/mol. The van der Waals surface area contributed by atoms with Crippen molar-refractivity contribution in [1.82, 2.24) is 5.32 Å². The number of halogens is 1. The minimum atomic E-state index is -0.226. The van der Waals surface area contributed by atoms with Gasteiger partial charge in [0.2, 0.25) is 0 Å². The van der Waals surface area contributed by atoms with E-state index in [1.54, 1.807) is 37.4 Å². The lowest BCUT2D eigenvalue weighted by Gasteiger charge is -2.09. The van der Waals surface area contributed by atoms with E-state index in [0.717, 1.165) is 11.3 Å². The van der Waals surface area contributed by atoms with Crippen LogP contribution in [0.2, 0.25) is 5.02 Å². The van der Waals surface area contributed by atoms with E-state index in [1.165, 1.54) is 7.11 Å². The van der Waals surface area contributed by atoms with Crippen molar-refractivity contribution in [2.24, 2.45) is 0 Å². The summed E-state index contributed by atoms with van der Waals surface area (Å²) >= 11 is 5.89. The first-order chi connectivity index (χ1) is 12.6. The Kier molecular flexibility index (Phi) is 5.49. The topological polar surface area (TPSA) is 60.7 Å². The fraction of sp³-hybridized carbons (Fsp3) is 0.150. The van der Waals surface area contributed by atoms with E-state index in [0.29, 0.717) is 27.8 Å². The van der Waals surface area contributed by atoms with Gasteiger partial charge in [-0.2, -0.15) is 0 Å². The standard InChI is InChI=1S/C20H18ClNO4/c1-24-18-9-5-14(11-19(18)25-2)20(23)22-12-16-8-10-17(26-16)13-3-6-15(21)7-4-13/h3-11H,12H2,1-2H3,(H,22,23). The highest BCUT2D eigenvalue weighted by molar-refractivity contribution is 6.30. The number of carbonyl (C=O) groups excluding carboxylic acids is 1. The van der Waals surface area contributed by atoms with Gasteiger partial charge in [0.15, 0.2) is 11.5 Å². The first-order valence-electron chi connectivity index (χ1n) is 7.95. The molecule has 6 heteroatoms. The van der Waals surface area contributed by atoms with Gasteiger partial charge >= 0.3 is 0 Å². The molecule has 2 aromatic carbocycles. The van der Waals surface area contributed by atoms with Crippen LogP contribution >= 0.6 is 11.6 Å². The summed E-state index contributed by atoms with van der Waals surface area (Å²) in [7, 11) is 3.08. The second kappa shape index (κ2) is 7.97. The lowest BCUT2D eigenvalue weighted by molar-refractivity contribution is 0.0947. The summed E-state index contributed by atoms with van der Waals surface area (Å²) in [4.78, 5) is 12.3. The maximum Gasteiger partial charge on any atom is 0.251 e. The van der Waals surface area contributed by atoms with Gasteiger partial charge in [0.1, 0.15) is 11.5 Å². The number of hydrogen-bond donors (Lipinski definition) is 1. The van der Waals surface area contributed by atoms with Gasteiger partial charge in [-0.15, -0.1) is 0 Å². The van der Waals surface area contributed by atoms with Crippen LogP contribution in [-0.4, -0.2) is 20.1 Å². The van der Waals surface area contributed by atoms with Gasteiger partial charge in [0, 0.05) is 16.1 Å². The van der Waals surface area contributed by atoms with Gasteiger partial charge in [0.25, 0.3) is 5.91 Å². The lowest BCUT2D eigenvalue weighted by atomic mass is 10.2. The van der Waals surface area contributed by atoms with E-state index < -0.39 is 0 Å². The fourth-order valence-corrected chi connectivity index (χ4v) is 2.62. The Bertz CT molecular complexity index is 902. The van der Waals surface area contributed by atoms with E-state index in [2.05, 4.69) is 5.32 Å². The predicted octanol–water partition coefficient (Wildman–Crippen LogP) is 4.55. The molecule has 26 heavy (non-hydrogen) atoms. The smallest absolute Gasteiger partial charge is 0.251 e. The Morgan fingerprint density at radius 3 is 2.42 bits per heavy atom. The van der Waals surface area contributed by atoms with Crippen LogP contribution in [0.15, 0.2) is 59.0 Å². The highest BCUT2D eigenvalue weighted by Crippen LogP contribution is 2.27. The summed E-state index contributed by atoms with van der Waals surface area (Å²) in [6.45, 7) is 0.279. The molecule has 0 radical (unpaired) electrons. The second-order valence-corrected chi connectivity index (χ2v) is 5.96. The molecule has 0 bridgehead atoms. The molecule has 0 atom stereocenters. The SMILES string of the molecule is COc1ccc(C(=O)NCc2ccc(-c3ccc(Cl)cc3)o2)cc1OC. The Morgan fingerprint density at radius 1 is 1.00 bits per heavy atom. The summed E-state index contributed by atoms with van der Waals surface area (Å²) in [5, 5.41) is 3.50. The molecule has 0 aliphatic rings. The molecular formula is C20H18ClNO4. The normalized spacial score (nSPS) is 10.4. The zero-order chi connectivity index (χ0) is 18.5. The molecule has 0 unspecified atom stereocenters. The van der Waals surface area contributed by atoms with E-state index in [9.17, 15) is 4.79 Å². The van der Waals surface area contributed by atoms with Crippen LogP contribution in [0, 0.1) is 0 Å². The van der Waals surface area contributed by atoms with Crippen LogP contribution in [0.3, 0.4) is 0 Å². The van der Waals surface area contributed by atoms with Gasteiger partial charge in [0.05, 0.1) is 20.8 Å². The molecule has 0 saturated heterocycles. The number of methoxy groups -OCH3 is 2. The lowest BCUT2D eigenvalue weighted by Crippen LogP contribution is -2.22. The first-order valence-corrected chi connectivity index (χ1v) is 8.33. The van der Waals surface area contributed by atoms with Crippen molar-refractivity contribution in [3.8, 4) is 22.8 Å². The summed E-state index contributed by atoms with van der Waals surface area (Å²) in [6, 6.07) is 16.1. The Morgan fingerprint density at radius 2 is 1.73 bits per heavy atom. The molecule has 1 heterocycles. The van der Waals surface area contributed by atoms with E-state index in [-0.39, 0.29) is 12.5 Å². The second-order valence-electron chi connectivity index (χ2n) is 5.53. The van der Waals surface area contributed by atoms with E-state index in [4.69, 9.17) is 25.5 Å². The Hall–Kier alpha value is -2.92. The molecule has 3 rings (SSSR count). The zero-order valence-electron chi connectivity index (χ0n) is 14.4. The minimum Gasteiger partial charge on any atom is -0.493 e. The average Bonchev–Trinajstić information content (AvgIpc) is 3.15. The molecule has 1 aromatic heterocycles. The van der Waals surface area contributed by atoms with Crippen LogP contribution in [0.1, 0.15) is 16.1 Å². The maximum atomic E-state index is 12.3. The Balaban J connectivity index is 1.66. The van der Waals surface area contributed by atoms with Crippen LogP contribution in [0.5, 0.6) is 11.5 Å². The van der Waals surface area contributed by atoms with Crippen LogP contribution in [-0.2, 0) is 6.54 Å². The van der Waals surface area contributed by atoms with Crippen molar-refractivity contribution < 1.29 is 18.7 Å². The number of benzene rings is 2. The van der Waals surface area contributed by atoms with Gasteiger partial charge in [-0.1, -0.05) is 11.6 Å².